The second-order valence-electron chi connectivity index (χ2n) is 4.68. The average Bonchev–Trinajstić information content (AvgIpc) is 2.34. The number of likely N-dealkylation sites (N-methyl/N-ethyl adjacent to an activating group) is 1. The number of nitrogens with two attached hydrogens (primary N) is 1. The van der Waals surface area contributed by atoms with Crippen LogP contribution in [0, 0.1) is 0 Å². The molecule has 0 aromatic heterocycles. The minimum Gasteiger partial charge on any atom is -0.399 e. The maximum atomic E-state index is 11.8. The number of carbonyl (C=O) groups excluding carboxylic acids is 1. The van der Waals surface area contributed by atoms with Crippen molar-refractivity contribution in [3.8, 4) is 0 Å². The highest BCUT2D eigenvalue weighted by atomic mass is 16.2. The lowest BCUT2D eigenvalue weighted by Gasteiger charge is -2.39. The Morgan fingerprint density at radius 3 is 2.22 bits per heavy atom. The highest BCUT2D eigenvalue weighted by Crippen LogP contribution is 2.19. The van der Waals surface area contributed by atoms with Crippen molar-refractivity contribution in [2.75, 3.05) is 44.0 Å². The highest BCUT2D eigenvalue weighted by molar-refractivity contribution is 5.90. The van der Waals surface area contributed by atoms with Crippen LogP contribution in [-0.4, -0.2) is 49.0 Å². The molecule has 1 aromatic rings. The van der Waals surface area contributed by atoms with Crippen molar-refractivity contribution in [1.82, 2.24) is 9.91 Å². The molecule has 0 radical (unpaired) electrons. The summed E-state index contributed by atoms with van der Waals surface area (Å²) in [6.07, 6.45) is 0. The number of amides is 1. The molecule has 98 valence electrons. The van der Waals surface area contributed by atoms with E-state index in [1.807, 2.05) is 24.3 Å². The third-order valence-electron chi connectivity index (χ3n) is 3.20. The van der Waals surface area contributed by atoms with E-state index in [-0.39, 0.29) is 5.91 Å². The van der Waals surface area contributed by atoms with Crippen LogP contribution in [0.25, 0.3) is 0 Å². The first-order chi connectivity index (χ1) is 8.58. The molecule has 1 amide bonds. The fraction of sp³-hybridized carbons (Fsp3) is 0.462. The summed E-state index contributed by atoms with van der Waals surface area (Å²) in [7, 11) is 2.10. The number of benzene rings is 1. The predicted octanol–water partition coefficient (Wildman–Crippen LogP) is 0.784. The van der Waals surface area contributed by atoms with E-state index < -0.39 is 0 Å². The van der Waals surface area contributed by atoms with Gasteiger partial charge >= 0.3 is 0 Å². The van der Waals surface area contributed by atoms with Crippen molar-refractivity contribution < 1.29 is 4.79 Å². The first kappa shape index (κ1) is 12.9. The zero-order chi connectivity index (χ0) is 13.1. The molecule has 18 heavy (non-hydrogen) atoms. The number of hydrogen-bond acceptors (Lipinski definition) is 4. The van der Waals surface area contributed by atoms with E-state index in [1.54, 1.807) is 11.9 Å². The molecule has 0 atom stereocenters. The first-order valence-corrected chi connectivity index (χ1v) is 6.17. The van der Waals surface area contributed by atoms with Crippen molar-refractivity contribution in [2.45, 2.75) is 6.92 Å². The van der Waals surface area contributed by atoms with Gasteiger partial charge in [-0.15, -0.1) is 0 Å². The molecule has 0 aliphatic carbocycles. The van der Waals surface area contributed by atoms with E-state index in [2.05, 4.69) is 17.0 Å². The SMILES string of the molecule is CC(=O)N(c1ccc(N)cc1)N1CCN(C)CC1. The Morgan fingerprint density at radius 2 is 1.72 bits per heavy atom. The quantitative estimate of drug-likeness (QED) is 0.786. The standard InChI is InChI=1S/C13H20N4O/c1-11(18)17(13-5-3-12(14)4-6-13)16-9-7-15(2)8-10-16/h3-6H,7-10,14H2,1-2H3. The van der Waals surface area contributed by atoms with Crippen LogP contribution in [0.2, 0.25) is 0 Å². The maximum Gasteiger partial charge on any atom is 0.238 e. The van der Waals surface area contributed by atoms with Gasteiger partial charge in [-0.25, -0.2) is 10.0 Å². The maximum absolute atomic E-state index is 11.8. The molecule has 0 unspecified atom stereocenters. The van der Waals surface area contributed by atoms with Crippen molar-refractivity contribution in [3.05, 3.63) is 24.3 Å². The Hall–Kier alpha value is -1.59. The third kappa shape index (κ3) is 2.80. The fourth-order valence-corrected chi connectivity index (χ4v) is 2.16. The van der Waals surface area contributed by atoms with Gasteiger partial charge < -0.3 is 10.6 Å². The number of hydrazine groups is 1. The van der Waals surface area contributed by atoms with Gasteiger partial charge in [0.1, 0.15) is 0 Å². The molecule has 2 N–H and O–H groups in total. The lowest BCUT2D eigenvalue weighted by Crippen LogP contribution is -2.54. The minimum atomic E-state index is 0.0318. The van der Waals surface area contributed by atoms with Gasteiger partial charge in [-0.05, 0) is 31.3 Å². The summed E-state index contributed by atoms with van der Waals surface area (Å²) in [4.78, 5) is 14.1. The normalized spacial score (nSPS) is 17.7. The smallest absolute Gasteiger partial charge is 0.238 e. The molecule has 5 heteroatoms. The Bertz CT molecular complexity index is 410. The number of piperazine rings is 1. The Labute approximate surface area is 108 Å². The van der Waals surface area contributed by atoms with Crippen molar-refractivity contribution in [1.29, 1.82) is 0 Å². The van der Waals surface area contributed by atoms with Gasteiger partial charge in [-0.3, -0.25) is 4.79 Å². The van der Waals surface area contributed by atoms with E-state index in [4.69, 9.17) is 5.73 Å². The average molecular weight is 248 g/mol. The number of nitrogens with zero attached hydrogens (tertiary/aromatic N) is 3. The van der Waals surface area contributed by atoms with Crippen molar-refractivity contribution >= 4 is 17.3 Å². The number of nitrogen functional groups attached to an aromatic ring is 1. The topological polar surface area (TPSA) is 52.8 Å². The lowest BCUT2D eigenvalue weighted by molar-refractivity contribution is -0.120. The van der Waals surface area contributed by atoms with Crippen LogP contribution in [0.15, 0.2) is 24.3 Å². The van der Waals surface area contributed by atoms with Crippen LogP contribution < -0.4 is 10.7 Å². The molecule has 1 aliphatic rings. The molecule has 0 spiro atoms. The van der Waals surface area contributed by atoms with Gasteiger partial charge in [0.25, 0.3) is 0 Å². The van der Waals surface area contributed by atoms with Crippen LogP contribution in [0.1, 0.15) is 6.92 Å². The molecule has 1 aliphatic heterocycles. The number of carbonyl (C=O) groups is 1. The van der Waals surface area contributed by atoms with Crippen LogP contribution >= 0.6 is 0 Å². The molecule has 1 heterocycles. The summed E-state index contributed by atoms with van der Waals surface area (Å²) >= 11 is 0. The molecule has 5 nitrogen and oxygen atoms in total. The zero-order valence-corrected chi connectivity index (χ0v) is 11.0. The summed E-state index contributed by atoms with van der Waals surface area (Å²) in [5.74, 6) is 0.0318. The Morgan fingerprint density at radius 1 is 1.17 bits per heavy atom. The summed E-state index contributed by atoms with van der Waals surface area (Å²) < 4.78 is 0. The molecule has 1 saturated heterocycles. The van der Waals surface area contributed by atoms with E-state index in [0.717, 1.165) is 31.9 Å². The van der Waals surface area contributed by atoms with Crippen LogP contribution in [0.4, 0.5) is 11.4 Å². The summed E-state index contributed by atoms with van der Waals surface area (Å²) in [5, 5.41) is 3.83. The van der Waals surface area contributed by atoms with Crippen LogP contribution in [-0.2, 0) is 4.79 Å². The summed E-state index contributed by atoms with van der Waals surface area (Å²) in [6.45, 7) is 5.26. The highest BCUT2D eigenvalue weighted by Gasteiger charge is 2.23. The first-order valence-electron chi connectivity index (χ1n) is 6.17. The fourth-order valence-electron chi connectivity index (χ4n) is 2.16. The van der Waals surface area contributed by atoms with Gasteiger partial charge in [-0.1, -0.05) is 0 Å². The van der Waals surface area contributed by atoms with Gasteiger partial charge in [-0.2, -0.15) is 0 Å². The summed E-state index contributed by atoms with van der Waals surface area (Å²) in [5.41, 5.74) is 7.26. The Kier molecular flexibility index (Phi) is 3.84. The minimum absolute atomic E-state index is 0.0318. The molecular weight excluding hydrogens is 228 g/mol. The van der Waals surface area contributed by atoms with Gasteiger partial charge in [0.2, 0.25) is 5.91 Å². The lowest BCUT2D eigenvalue weighted by atomic mass is 10.2. The monoisotopic (exact) mass is 248 g/mol. The number of hydrogen-bond donors (Lipinski definition) is 1. The predicted molar refractivity (Wildman–Crippen MR) is 73.1 cm³/mol. The molecular formula is C13H20N4O. The summed E-state index contributed by atoms with van der Waals surface area (Å²) in [6, 6.07) is 7.41. The second kappa shape index (κ2) is 5.37. The largest absolute Gasteiger partial charge is 0.399 e. The number of anilines is 2. The molecule has 1 aromatic carbocycles. The third-order valence-corrected chi connectivity index (χ3v) is 3.20. The van der Waals surface area contributed by atoms with E-state index in [9.17, 15) is 4.79 Å². The molecule has 0 saturated carbocycles. The van der Waals surface area contributed by atoms with Crippen molar-refractivity contribution in [3.63, 3.8) is 0 Å². The zero-order valence-electron chi connectivity index (χ0n) is 11.0. The number of rotatable bonds is 2. The molecule has 1 fully saturated rings. The van der Waals surface area contributed by atoms with E-state index in [1.165, 1.54) is 0 Å². The van der Waals surface area contributed by atoms with E-state index in [0.29, 0.717) is 5.69 Å². The van der Waals surface area contributed by atoms with E-state index >= 15 is 0 Å². The van der Waals surface area contributed by atoms with Gasteiger partial charge in [0, 0.05) is 38.8 Å². The van der Waals surface area contributed by atoms with Crippen LogP contribution in [0.3, 0.4) is 0 Å². The second-order valence-corrected chi connectivity index (χ2v) is 4.68. The van der Waals surface area contributed by atoms with Gasteiger partial charge in [0.05, 0.1) is 5.69 Å². The van der Waals surface area contributed by atoms with Gasteiger partial charge in [0.15, 0.2) is 0 Å². The molecule has 0 bridgehead atoms. The Balaban J connectivity index is 2.18. The molecule has 2 rings (SSSR count). The van der Waals surface area contributed by atoms with Crippen LogP contribution in [0.5, 0.6) is 0 Å². The van der Waals surface area contributed by atoms with Crippen molar-refractivity contribution in [2.24, 2.45) is 0 Å².